The Labute approximate surface area is 226 Å². The van der Waals surface area contributed by atoms with E-state index in [2.05, 4.69) is 39.3 Å². The van der Waals surface area contributed by atoms with Gasteiger partial charge in [0.2, 0.25) is 5.91 Å². The molecule has 5 aliphatic rings. The fourth-order valence-corrected chi connectivity index (χ4v) is 6.46. The monoisotopic (exact) mass is 543 g/mol. The van der Waals surface area contributed by atoms with Crippen molar-refractivity contribution in [1.82, 2.24) is 15.2 Å². The quantitative estimate of drug-likeness (QED) is 0.453. The van der Waals surface area contributed by atoms with Gasteiger partial charge in [0.05, 0.1) is 18.2 Å². The van der Waals surface area contributed by atoms with Gasteiger partial charge in [-0.15, -0.1) is 0 Å². The summed E-state index contributed by atoms with van der Waals surface area (Å²) in [6.45, 7) is 1.70. The van der Waals surface area contributed by atoms with Crippen molar-refractivity contribution in [2.75, 3.05) is 26.9 Å². The minimum absolute atomic E-state index is 0.0766. The Kier molecular flexibility index (Phi) is 6.87. The fourth-order valence-electron chi connectivity index (χ4n) is 6.46. The molecule has 1 unspecified atom stereocenters. The molecular formula is C29H34F3N4O3+. The number of pyridine rings is 1. The van der Waals surface area contributed by atoms with E-state index in [0.717, 1.165) is 49.2 Å². The van der Waals surface area contributed by atoms with Crippen molar-refractivity contribution in [1.29, 1.82) is 0 Å². The van der Waals surface area contributed by atoms with E-state index in [1.807, 2.05) is 6.21 Å². The number of allylic oxidation sites excluding steroid dienone is 3. The summed E-state index contributed by atoms with van der Waals surface area (Å²) < 4.78 is 53.5. The van der Waals surface area contributed by atoms with Gasteiger partial charge in [0.1, 0.15) is 6.10 Å². The highest BCUT2D eigenvalue weighted by Crippen LogP contribution is 2.45. The summed E-state index contributed by atoms with van der Waals surface area (Å²) in [7, 11) is 1.68. The molecule has 4 atom stereocenters. The first-order valence-corrected chi connectivity index (χ1v) is 13.7. The van der Waals surface area contributed by atoms with E-state index in [-0.39, 0.29) is 30.6 Å². The van der Waals surface area contributed by atoms with E-state index in [4.69, 9.17) is 9.47 Å². The van der Waals surface area contributed by atoms with Crippen molar-refractivity contribution >= 4 is 12.1 Å². The van der Waals surface area contributed by atoms with E-state index in [9.17, 15) is 18.0 Å². The third-order valence-electron chi connectivity index (χ3n) is 8.60. The molecule has 1 amide bonds. The molecule has 0 bridgehead atoms. The molecule has 0 aromatic carbocycles. The number of amides is 1. The maximum Gasteiger partial charge on any atom is 0.417 e. The highest BCUT2D eigenvalue weighted by molar-refractivity contribution is 6.03. The van der Waals surface area contributed by atoms with Gasteiger partial charge in [-0.05, 0) is 43.0 Å². The zero-order valence-corrected chi connectivity index (χ0v) is 22.0. The van der Waals surface area contributed by atoms with Crippen LogP contribution < -0.4 is 5.32 Å². The van der Waals surface area contributed by atoms with Crippen LogP contribution in [0.5, 0.6) is 0 Å². The largest absolute Gasteiger partial charge is 0.417 e. The van der Waals surface area contributed by atoms with Crippen molar-refractivity contribution in [2.45, 2.75) is 69.4 Å². The minimum Gasteiger partial charge on any atom is -0.383 e. The number of aromatic nitrogens is 1. The van der Waals surface area contributed by atoms with E-state index in [1.54, 1.807) is 12.0 Å². The first kappa shape index (κ1) is 26.3. The minimum atomic E-state index is -4.48. The molecule has 208 valence electrons. The maximum atomic E-state index is 14.3. The molecule has 2 aliphatic carbocycles. The number of carbonyl (C=O) groups is 1. The third-order valence-corrected chi connectivity index (χ3v) is 8.60. The molecule has 0 radical (unpaired) electrons. The van der Waals surface area contributed by atoms with Gasteiger partial charge in [0.15, 0.2) is 23.9 Å². The van der Waals surface area contributed by atoms with Crippen LogP contribution in [0.1, 0.15) is 48.9 Å². The second kappa shape index (κ2) is 10.2. The lowest BCUT2D eigenvalue weighted by atomic mass is 9.81. The van der Waals surface area contributed by atoms with E-state index >= 15 is 0 Å². The maximum absolute atomic E-state index is 14.3. The number of alkyl halides is 3. The number of halogens is 3. The summed E-state index contributed by atoms with van der Waals surface area (Å²) >= 11 is 0. The number of rotatable bonds is 5. The summed E-state index contributed by atoms with van der Waals surface area (Å²) in [6, 6.07) is 1.41. The highest BCUT2D eigenvalue weighted by atomic mass is 19.4. The number of methoxy groups -OCH3 is 1. The van der Waals surface area contributed by atoms with Gasteiger partial charge in [-0.25, -0.2) is 4.58 Å². The van der Waals surface area contributed by atoms with Crippen molar-refractivity contribution in [3.8, 4) is 0 Å². The zero-order chi connectivity index (χ0) is 27.2. The zero-order valence-electron chi connectivity index (χ0n) is 22.0. The normalized spacial score (nSPS) is 30.3. The first-order valence-electron chi connectivity index (χ1n) is 13.7. The summed E-state index contributed by atoms with van der Waals surface area (Å²) in [5.74, 6) is -0.0811. The molecule has 0 spiro atoms. The average Bonchev–Trinajstić information content (AvgIpc) is 3.47. The molecule has 0 saturated carbocycles. The van der Waals surface area contributed by atoms with E-state index in [0.29, 0.717) is 43.9 Å². The van der Waals surface area contributed by atoms with Crippen LogP contribution in [0.25, 0.3) is 0 Å². The Bertz CT molecular complexity index is 1270. The van der Waals surface area contributed by atoms with Crippen LogP contribution in [0.4, 0.5) is 13.2 Å². The molecule has 10 heteroatoms. The van der Waals surface area contributed by atoms with Gasteiger partial charge in [0, 0.05) is 69.2 Å². The Morgan fingerprint density at radius 3 is 2.97 bits per heavy atom. The second-order valence-electron chi connectivity index (χ2n) is 11.1. The number of nitrogens with one attached hydrogen (secondary N) is 1. The summed E-state index contributed by atoms with van der Waals surface area (Å²) in [6.07, 6.45) is 11.8. The number of carbonyl (C=O) groups excluding carboxylic acids is 1. The van der Waals surface area contributed by atoms with Crippen LogP contribution in [0.15, 0.2) is 48.0 Å². The molecular weight excluding hydrogens is 509 g/mol. The number of fused-ring (bicyclic) bond motifs is 2. The van der Waals surface area contributed by atoms with Crippen LogP contribution in [0.3, 0.4) is 0 Å². The number of ether oxygens (including phenoxy) is 2. The van der Waals surface area contributed by atoms with Crippen molar-refractivity contribution in [3.63, 3.8) is 0 Å². The number of nitrogens with zero attached hydrogens (tertiary/aromatic N) is 3. The fraction of sp³-hybridized carbons (Fsp3) is 0.552. The van der Waals surface area contributed by atoms with Gasteiger partial charge < -0.3 is 19.7 Å². The summed E-state index contributed by atoms with van der Waals surface area (Å²) in [5, 5.41) is 3.62. The molecule has 1 saturated heterocycles. The SMILES string of the molecule is CO[C@@H]1COCC[C@@H]1NC1=CC2=C[N+](C3C=CCCC3)=C[C@@]2(C(=O)N2CCc3ncc(C(F)(F)F)cc3C2)C1. The van der Waals surface area contributed by atoms with Crippen LogP contribution >= 0.6 is 0 Å². The molecule has 1 aromatic heterocycles. The topological polar surface area (TPSA) is 66.7 Å². The molecule has 1 fully saturated rings. The first-order chi connectivity index (χ1) is 18.8. The summed E-state index contributed by atoms with van der Waals surface area (Å²) in [4.78, 5) is 20.1. The van der Waals surface area contributed by atoms with Gasteiger partial charge in [-0.3, -0.25) is 9.78 Å². The number of hydrogen-bond donors (Lipinski definition) is 1. The predicted octanol–water partition coefficient (Wildman–Crippen LogP) is 3.74. The standard InChI is InChI=1S/C29H34F3N4O3/c1-38-26-17-39-10-8-25(26)34-22-12-21-16-36(23-5-3-2-4-6-23)18-28(21,13-22)27(37)35-9-7-24-19(15-35)11-20(14-33-24)29(30,31)32/h3,5,11-12,14,16,18,23,25-26,34H,2,4,6-10,13,15,17H2,1H3/q+1/t23?,25-,26+,28-/m0/s1. The van der Waals surface area contributed by atoms with Crippen molar-refractivity contribution < 1.29 is 32.0 Å². The van der Waals surface area contributed by atoms with Gasteiger partial charge in [-0.2, -0.15) is 13.2 Å². The van der Waals surface area contributed by atoms with Crippen molar-refractivity contribution in [3.05, 3.63) is 64.8 Å². The lowest BCUT2D eigenvalue weighted by Gasteiger charge is -2.34. The average molecular weight is 544 g/mol. The molecule has 39 heavy (non-hydrogen) atoms. The molecule has 4 heterocycles. The smallest absolute Gasteiger partial charge is 0.383 e. The molecule has 1 N–H and O–H groups in total. The Morgan fingerprint density at radius 2 is 2.21 bits per heavy atom. The lowest BCUT2D eigenvalue weighted by molar-refractivity contribution is -0.482. The van der Waals surface area contributed by atoms with Crippen LogP contribution in [0, 0.1) is 5.41 Å². The van der Waals surface area contributed by atoms with Gasteiger partial charge in [0.25, 0.3) is 0 Å². The van der Waals surface area contributed by atoms with Gasteiger partial charge in [-0.1, -0.05) is 6.08 Å². The molecule has 1 aromatic rings. The van der Waals surface area contributed by atoms with Crippen LogP contribution in [-0.2, 0) is 33.4 Å². The van der Waals surface area contributed by atoms with Crippen molar-refractivity contribution in [2.24, 2.45) is 5.41 Å². The Morgan fingerprint density at radius 1 is 1.33 bits per heavy atom. The van der Waals surface area contributed by atoms with Crippen LogP contribution in [0.2, 0.25) is 0 Å². The molecule has 6 rings (SSSR count). The summed E-state index contributed by atoms with van der Waals surface area (Å²) in [5.41, 5.74) is 1.30. The highest BCUT2D eigenvalue weighted by Gasteiger charge is 2.55. The second-order valence-corrected chi connectivity index (χ2v) is 11.1. The van der Waals surface area contributed by atoms with Gasteiger partial charge >= 0.3 is 6.18 Å². The third kappa shape index (κ3) is 4.93. The Balaban J connectivity index is 1.29. The lowest BCUT2D eigenvalue weighted by Crippen LogP contribution is -2.49. The predicted molar refractivity (Wildman–Crippen MR) is 138 cm³/mol. The number of hydrogen-bond acceptors (Lipinski definition) is 5. The Hall–Kier alpha value is -2.98. The molecule has 3 aliphatic heterocycles. The van der Waals surface area contributed by atoms with E-state index in [1.165, 1.54) is 0 Å². The van der Waals surface area contributed by atoms with E-state index < -0.39 is 17.2 Å². The molecule has 7 nitrogen and oxygen atoms in total. The van der Waals surface area contributed by atoms with Crippen LogP contribution in [-0.4, -0.2) is 71.6 Å².